The molecule has 2 aromatic carbocycles. The van der Waals surface area contributed by atoms with Gasteiger partial charge in [-0.1, -0.05) is 29.8 Å². The number of fused-ring (bicyclic) bond motifs is 1. The molecular formula is C18H19ClN2O. The van der Waals surface area contributed by atoms with Gasteiger partial charge in [-0.15, -0.1) is 0 Å². The van der Waals surface area contributed by atoms with E-state index in [1.807, 2.05) is 29.2 Å². The molecule has 0 aromatic heterocycles. The van der Waals surface area contributed by atoms with E-state index in [1.165, 1.54) is 16.7 Å². The number of amides is 1. The number of nitrogens with one attached hydrogen (secondary N) is 1. The second-order valence-electron chi connectivity index (χ2n) is 5.65. The van der Waals surface area contributed by atoms with Crippen LogP contribution in [0.2, 0.25) is 5.02 Å². The van der Waals surface area contributed by atoms with Crippen molar-refractivity contribution in [2.75, 3.05) is 11.9 Å². The van der Waals surface area contributed by atoms with E-state index in [-0.39, 0.29) is 5.91 Å². The van der Waals surface area contributed by atoms with Crippen LogP contribution in [0.3, 0.4) is 0 Å². The largest absolute Gasteiger partial charge is 0.381 e. The number of benzene rings is 2. The van der Waals surface area contributed by atoms with Crippen molar-refractivity contribution in [1.82, 2.24) is 4.90 Å². The average Bonchev–Trinajstić information content (AvgIpc) is 2.53. The van der Waals surface area contributed by atoms with Crippen molar-refractivity contribution < 1.29 is 4.79 Å². The summed E-state index contributed by atoms with van der Waals surface area (Å²) in [5.74, 6) is 0.149. The maximum atomic E-state index is 11.5. The lowest BCUT2D eigenvalue weighted by atomic mass is 9.99. The highest BCUT2D eigenvalue weighted by atomic mass is 35.5. The van der Waals surface area contributed by atoms with Gasteiger partial charge in [0.25, 0.3) is 0 Å². The molecule has 2 aromatic rings. The van der Waals surface area contributed by atoms with Crippen LogP contribution in [0.5, 0.6) is 0 Å². The van der Waals surface area contributed by atoms with E-state index in [0.29, 0.717) is 0 Å². The predicted octanol–water partition coefficient (Wildman–Crippen LogP) is 3.86. The SMILES string of the molecule is CC(=O)N1CCc2cc(NCc3ccc(Cl)cc3)ccc2C1. The van der Waals surface area contributed by atoms with Gasteiger partial charge in [0.1, 0.15) is 0 Å². The van der Waals surface area contributed by atoms with Gasteiger partial charge in [0.2, 0.25) is 5.91 Å². The van der Waals surface area contributed by atoms with Crippen LogP contribution in [0.15, 0.2) is 42.5 Å². The molecule has 0 saturated carbocycles. The molecule has 0 radical (unpaired) electrons. The lowest BCUT2D eigenvalue weighted by Gasteiger charge is -2.28. The summed E-state index contributed by atoms with van der Waals surface area (Å²) >= 11 is 5.89. The van der Waals surface area contributed by atoms with Gasteiger partial charge >= 0.3 is 0 Å². The molecule has 1 aliphatic rings. The van der Waals surface area contributed by atoms with Crippen LogP contribution in [-0.2, 0) is 24.3 Å². The molecule has 0 saturated heterocycles. The fraction of sp³-hybridized carbons (Fsp3) is 0.278. The Morgan fingerprint density at radius 3 is 2.68 bits per heavy atom. The zero-order valence-electron chi connectivity index (χ0n) is 12.6. The van der Waals surface area contributed by atoms with Crippen LogP contribution in [0.25, 0.3) is 0 Å². The summed E-state index contributed by atoms with van der Waals surface area (Å²) in [4.78, 5) is 13.4. The number of carbonyl (C=O) groups is 1. The van der Waals surface area contributed by atoms with E-state index >= 15 is 0 Å². The van der Waals surface area contributed by atoms with Gasteiger partial charge in [0.05, 0.1) is 0 Å². The monoisotopic (exact) mass is 314 g/mol. The Balaban J connectivity index is 1.67. The van der Waals surface area contributed by atoms with Gasteiger partial charge in [0, 0.05) is 37.3 Å². The minimum atomic E-state index is 0.149. The fourth-order valence-electron chi connectivity index (χ4n) is 2.74. The number of nitrogens with zero attached hydrogens (tertiary/aromatic N) is 1. The summed E-state index contributed by atoms with van der Waals surface area (Å²) in [6.07, 6.45) is 0.922. The van der Waals surface area contributed by atoms with Gasteiger partial charge in [-0.2, -0.15) is 0 Å². The second kappa shape index (κ2) is 6.41. The average molecular weight is 315 g/mol. The van der Waals surface area contributed by atoms with Crippen molar-refractivity contribution in [2.45, 2.75) is 26.4 Å². The van der Waals surface area contributed by atoms with Gasteiger partial charge in [0.15, 0.2) is 0 Å². The van der Waals surface area contributed by atoms with Crippen molar-refractivity contribution in [2.24, 2.45) is 0 Å². The molecule has 114 valence electrons. The highest BCUT2D eigenvalue weighted by Crippen LogP contribution is 2.23. The van der Waals surface area contributed by atoms with Crippen molar-refractivity contribution in [3.05, 3.63) is 64.2 Å². The minimum absolute atomic E-state index is 0.149. The van der Waals surface area contributed by atoms with Crippen LogP contribution in [0, 0.1) is 0 Å². The Bertz CT molecular complexity index is 682. The molecule has 1 heterocycles. The first kappa shape index (κ1) is 14.9. The smallest absolute Gasteiger partial charge is 0.219 e. The van der Waals surface area contributed by atoms with E-state index in [1.54, 1.807) is 6.92 Å². The van der Waals surface area contributed by atoms with Gasteiger partial charge in [-0.3, -0.25) is 4.79 Å². The first-order chi connectivity index (χ1) is 10.6. The van der Waals surface area contributed by atoms with Crippen molar-refractivity contribution >= 4 is 23.2 Å². The molecular weight excluding hydrogens is 296 g/mol. The van der Waals surface area contributed by atoms with Crippen molar-refractivity contribution in [3.63, 3.8) is 0 Å². The second-order valence-corrected chi connectivity index (χ2v) is 6.09. The normalized spacial score (nSPS) is 13.6. The molecule has 3 nitrogen and oxygen atoms in total. The maximum Gasteiger partial charge on any atom is 0.219 e. The third-order valence-corrected chi connectivity index (χ3v) is 4.33. The van der Waals surface area contributed by atoms with Crippen molar-refractivity contribution in [1.29, 1.82) is 0 Å². The Labute approximate surface area is 135 Å². The van der Waals surface area contributed by atoms with Crippen molar-refractivity contribution in [3.8, 4) is 0 Å². The summed E-state index contributed by atoms with van der Waals surface area (Å²) < 4.78 is 0. The molecule has 0 bridgehead atoms. The van der Waals surface area contributed by atoms with Gasteiger partial charge in [-0.05, 0) is 47.4 Å². The number of carbonyl (C=O) groups excluding carboxylic acids is 1. The topological polar surface area (TPSA) is 32.3 Å². The molecule has 0 fully saturated rings. The molecule has 0 spiro atoms. The highest BCUT2D eigenvalue weighted by Gasteiger charge is 2.17. The zero-order chi connectivity index (χ0) is 15.5. The summed E-state index contributed by atoms with van der Waals surface area (Å²) in [5.41, 5.74) is 4.90. The molecule has 1 amide bonds. The Kier molecular flexibility index (Phi) is 4.34. The molecule has 4 heteroatoms. The number of rotatable bonds is 3. The van der Waals surface area contributed by atoms with Gasteiger partial charge in [-0.25, -0.2) is 0 Å². The Morgan fingerprint density at radius 1 is 1.18 bits per heavy atom. The lowest BCUT2D eigenvalue weighted by Crippen LogP contribution is -2.34. The maximum absolute atomic E-state index is 11.5. The molecule has 0 aliphatic carbocycles. The first-order valence-corrected chi connectivity index (χ1v) is 7.85. The molecule has 22 heavy (non-hydrogen) atoms. The molecule has 0 atom stereocenters. The molecule has 1 aliphatic heterocycles. The van der Waals surface area contributed by atoms with Gasteiger partial charge < -0.3 is 10.2 Å². The predicted molar refractivity (Wildman–Crippen MR) is 90.0 cm³/mol. The summed E-state index contributed by atoms with van der Waals surface area (Å²) in [7, 11) is 0. The third kappa shape index (κ3) is 3.42. The van der Waals surface area contributed by atoms with E-state index in [9.17, 15) is 4.79 Å². The molecule has 3 rings (SSSR count). The number of halogens is 1. The third-order valence-electron chi connectivity index (χ3n) is 4.07. The Hall–Kier alpha value is -2.00. The first-order valence-electron chi connectivity index (χ1n) is 7.47. The number of anilines is 1. The van der Waals surface area contributed by atoms with Crippen LogP contribution in [-0.4, -0.2) is 17.4 Å². The summed E-state index contributed by atoms with van der Waals surface area (Å²) in [5, 5.41) is 4.20. The standard InChI is InChI=1S/C18H19ClN2O/c1-13(22)21-9-8-15-10-18(7-4-16(15)12-21)20-11-14-2-5-17(19)6-3-14/h2-7,10,20H,8-9,11-12H2,1H3. The summed E-state index contributed by atoms with van der Waals surface area (Å²) in [6, 6.07) is 14.3. The molecule has 1 N–H and O–H groups in total. The number of hydrogen-bond acceptors (Lipinski definition) is 2. The zero-order valence-corrected chi connectivity index (χ0v) is 13.4. The molecule has 0 unspecified atom stereocenters. The van der Waals surface area contributed by atoms with Crippen LogP contribution in [0.1, 0.15) is 23.6 Å². The van der Waals surface area contributed by atoms with E-state index in [4.69, 9.17) is 11.6 Å². The van der Waals surface area contributed by atoms with Crippen LogP contribution >= 0.6 is 11.6 Å². The Morgan fingerprint density at radius 2 is 1.95 bits per heavy atom. The fourth-order valence-corrected chi connectivity index (χ4v) is 2.86. The van der Waals surface area contributed by atoms with Crippen LogP contribution < -0.4 is 5.32 Å². The van der Waals surface area contributed by atoms with E-state index in [0.717, 1.165) is 36.8 Å². The van der Waals surface area contributed by atoms with Crippen LogP contribution in [0.4, 0.5) is 5.69 Å². The highest BCUT2D eigenvalue weighted by molar-refractivity contribution is 6.30. The quantitative estimate of drug-likeness (QED) is 0.933. The van der Waals surface area contributed by atoms with E-state index < -0.39 is 0 Å². The minimum Gasteiger partial charge on any atom is -0.381 e. The van der Waals surface area contributed by atoms with E-state index in [2.05, 4.69) is 23.5 Å². The number of hydrogen-bond donors (Lipinski definition) is 1. The summed E-state index contributed by atoms with van der Waals surface area (Å²) in [6.45, 7) is 3.94. The lowest BCUT2D eigenvalue weighted by molar-refractivity contribution is -0.129.